The Morgan fingerprint density at radius 2 is 2.27 bits per heavy atom. The van der Waals surface area contributed by atoms with Gasteiger partial charge in [-0.15, -0.1) is 11.3 Å². The average molecular weight is 375 g/mol. The molecule has 8 heteroatoms. The molecule has 2 aromatic rings. The van der Waals surface area contributed by atoms with Gasteiger partial charge in [-0.25, -0.2) is 4.98 Å². The van der Waals surface area contributed by atoms with Crippen molar-refractivity contribution in [1.29, 1.82) is 0 Å². The second kappa shape index (κ2) is 9.18. The maximum Gasteiger partial charge on any atom is 0.234 e. The molecular weight excluding hydrogens is 350 g/mol. The van der Waals surface area contributed by atoms with E-state index in [0.29, 0.717) is 19.6 Å². The summed E-state index contributed by atoms with van der Waals surface area (Å²) in [6.07, 6.45) is 3.68. The van der Waals surface area contributed by atoms with Gasteiger partial charge in [0.05, 0.1) is 29.9 Å². The SMILES string of the molecule is CN(CC(=O)N[C@@H]1CCN(Cc2cscn2)C[C@H]1O)Cc1ccncc1. The Hall–Kier alpha value is -1.87. The molecule has 2 N–H and O–H groups in total. The molecular formula is C18H25N5O2S. The summed E-state index contributed by atoms with van der Waals surface area (Å²) >= 11 is 1.58. The van der Waals surface area contributed by atoms with Crippen LogP contribution in [0, 0.1) is 0 Å². The maximum absolute atomic E-state index is 12.3. The van der Waals surface area contributed by atoms with Gasteiger partial charge in [-0.1, -0.05) is 0 Å². The van der Waals surface area contributed by atoms with Crippen LogP contribution in [0.4, 0.5) is 0 Å². The number of aromatic nitrogens is 2. The lowest BCUT2D eigenvalue weighted by atomic mass is 10.0. The first kappa shape index (κ1) is 18.9. The lowest BCUT2D eigenvalue weighted by Gasteiger charge is -2.36. The molecule has 3 rings (SSSR count). The smallest absolute Gasteiger partial charge is 0.234 e. The van der Waals surface area contributed by atoms with E-state index in [2.05, 4.69) is 20.2 Å². The Balaban J connectivity index is 1.41. The molecule has 2 atom stereocenters. The van der Waals surface area contributed by atoms with Crippen molar-refractivity contribution in [1.82, 2.24) is 25.1 Å². The van der Waals surface area contributed by atoms with Gasteiger partial charge in [-0.05, 0) is 31.2 Å². The fourth-order valence-corrected chi connectivity index (χ4v) is 3.76. The van der Waals surface area contributed by atoms with Crippen LogP contribution in [-0.2, 0) is 17.9 Å². The second-order valence-corrected chi connectivity index (χ2v) is 7.49. The fourth-order valence-electron chi connectivity index (χ4n) is 3.21. The van der Waals surface area contributed by atoms with Gasteiger partial charge in [-0.3, -0.25) is 19.6 Å². The molecule has 0 bridgehead atoms. The predicted octanol–water partition coefficient (Wildman–Crippen LogP) is 0.722. The largest absolute Gasteiger partial charge is 0.390 e. The number of amides is 1. The molecule has 1 saturated heterocycles. The summed E-state index contributed by atoms with van der Waals surface area (Å²) in [4.78, 5) is 24.7. The third kappa shape index (κ3) is 5.57. The molecule has 0 spiro atoms. The second-order valence-electron chi connectivity index (χ2n) is 6.77. The number of likely N-dealkylation sites (N-methyl/N-ethyl adjacent to an activating group) is 1. The zero-order valence-electron chi connectivity index (χ0n) is 14.9. The predicted molar refractivity (Wildman–Crippen MR) is 101 cm³/mol. The molecule has 1 fully saturated rings. The van der Waals surface area contributed by atoms with Crippen molar-refractivity contribution >= 4 is 17.2 Å². The lowest BCUT2D eigenvalue weighted by molar-refractivity contribution is -0.124. The molecule has 2 aromatic heterocycles. The van der Waals surface area contributed by atoms with Crippen LogP contribution in [0.5, 0.6) is 0 Å². The zero-order chi connectivity index (χ0) is 18.4. The first-order valence-corrected chi connectivity index (χ1v) is 9.68. The van der Waals surface area contributed by atoms with Crippen molar-refractivity contribution in [2.45, 2.75) is 31.7 Å². The zero-order valence-corrected chi connectivity index (χ0v) is 15.7. The summed E-state index contributed by atoms with van der Waals surface area (Å²) in [7, 11) is 1.91. The lowest BCUT2D eigenvalue weighted by Crippen LogP contribution is -2.55. The number of aliphatic hydroxyl groups excluding tert-OH is 1. The molecule has 1 aliphatic rings. The van der Waals surface area contributed by atoms with Crippen LogP contribution in [0.15, 0.2) is 35.4 Å². The van der Waals surface area contributed by atoms with E-state index < -0.39 is 6.10 Å². The molecule has 0 saturated carbocycles. The Bertz CT molecular complexity index is 682. The molecule has 26 heavy (non-hydrogen) atoms. The quantitative estimate of drug-likeness (QED) is 0.742. The number of carbonyl (C=O) groups is 1. The maximum atomic E-state index is 12.3. The molecule has 0 unspecified atom stereocenters. The van der Waals surface area contributed by atoms with Crippen molar-refractivity contribution in [2.24, 2.45) is 0 Å². The number of β-amino-alcohol motifs (C(OH)–C–C–N with tert-alkyl or cyclic N) is 1. The number of likely N-dealkylation sites (tertiary alicyclic amines) is 1. The van der Waals surface area contributed by atoms with Crippen LogP contribution in [-0.4, -0.2) is 69.6 Å². The summed E-state index contributed by atoms with van der Waals surface area (Å²) in [5.41, 5.74) is 3.97. The van der Waals surface area contributed by atoms with Crippen LogP contribution in [0.3, 0.4) is 0 Å². The number of aliphatic hydroxyl groups is 1. The Morgan fingerprint density at radius 3 is 2.96 bits per heavy atom. The minimum absolute atomic E-state index is 0.0569. The Morgan fingerprint density at radius 1 is 1.46 bits per heavy atom. The summed E-state index contributed by atoms with van der Waals surface area (Å²) in [5.74, 6) is -0.0569. The molecule has 7 nitrogen and oxygen atoms in total. The number of hydrogen-bond acceptors (Lipinski definition) is 7. The van der Waals surface area contributed by atoms with Gasteiger partial charge in [0.15, 0.2) is 0 Å². The monoisotopic (exact) mass is 375 g/mol. The third-order valence-electron chi connectivity index (χ3n) is 4.50. The van der Waals surface area contributed by atoms with Crippen molar-refractivity contribution in [3.8, 4) is 0 Å². The molecule has 0 aliphatic carbocycles. The number of pyridine rings is 1. The van der Waals surface area contributed by atoms with Gasteiger partial charge < -0.3 is 10.4 Å². The van der Waals surface area contributed by atoms with Crippen molar-refractivity contribution in [3.05, 3.63) is 46.7 Å². The van der Waals surface area contributed by atoms with Crippen LogP contribution in [0.25, 0.3) is 0 Å². The number of piperidine rings is 1. The van der Waals surface area contributed by atoms with Crippen LogP contribution >= 0.6 is 11.3 Å². The summed E-state index contributed by atoms with van der Waals surface area (Å²) in [6.45, 7) is 3.12. The van der Waals surface area contributed by atoms with Gasteiger partial charge >= 0.3 is 0 Å². The van der Waals surface area contributed by atoms with Gasteiger partial charge in [0.1, 0.15) is 0 Å². The fraction of sp³-hybridized carbons (Fsp3) is 0.500. The molecule has 3 heterocycles. The average Bonchev–Trinajstić information content (AvgIpc) is 3.11. The molecule has 140 valence electrons. The summed E-state index contributed by atoms with van der Waals surface area (Å²) in [5, 5.41) is 15.4. The highest BCUT2D eigenvalue weighted by Crippen LogP contribution is 2.15. The highest BCUT2D eigenvalue weighted by Gasteiger charge is 2.29. The number of nitrogens with zero attached hydrogens (tertiary/aromatic N) is 4. The van der Waals surface area contributed by atoms with E-state index in [1.165, 1.54) is 0 Å². The first-order valence-electron chi connectivity index (χ1n) is 8.74. The molecule has 1 aliphatic heterocycles. The highest BCUT2D eigenvalue weighted by molar-refractivity contribution is 7.07. The van der Waals surface area contributed by atoms with E-state index in [9.17, 15) is 9.90 Å². The number of rotatable bonds is 7. The van der Waals surface area contributed by atoms with Crippen LogP contribution in [0.2, 0.25) is 0 Å². The van der Waals surface area contributed by atoms with E-state index in [1.54, 1.807) is 23.7 Å². The Labute approximate surface area is 157 Å². The topological polar surface area (TPSA) is 81.6 Å². The van der Waals surface area contributed by atoms with Gasteiger partial charge in [-0.2, -0.15) is 0 Å². The van der Waals surface area contributed by atoms with E-state index in [1.807, 2.05) is 35.0 Å². The summed E-state index contributed by atoms with van der Waals surface area (Å²) < 4.78 is 0. The molecule has 0 aromatic carbocycles. The Kier molecular flexibility index (Phi) is 6.67. The van der Waals surface area contributed by atoms with Crippen LogP contribution in [0.1, 0.15) is 17.7 Å². The van der Waals surface area contributed by atoms with Gasteiger partial charge in [0, 0.05) is 44.0 Å². The molecule has 0 radical (unpaired) electrons. The van der Waals surface area contributed by atoms with Crippen molar-refractivity contribution < 1.29 is 9.90 Å². The minimum atomic E-state index is -0.558. The highest BCUT2D eigenvalue weighted by atomic mass is 32.1. The van der Waals surface area contributed by atoms with Crippen molar-refractivity contribution in [3.63, 3.8) is 0 Å². The number of hydrogen-bond donors (Lipinski definition) is 2. The normalized spacial score (nSPS) is 21.0. The number of nitrogens with one attached hydrogen (secondary N) is 1. The first-order chi connectivity index (χ1) is 12.6. The van der Waals surface area contributed by atoms with E-state index >= 15 is 0 Å². The van der Waals surface area contributed by atoms with Gasteiger partial charge in [0.25, 0.3) is 0 Å². The third-order valence-corrected chi connectivity index (χ3v) is 5.13. The van der Waals surface area contributed by atoms with Crippen molar-refractivity contribution in [2.75, 3.05) is 26.7 Å². The summed E-state index contributed by atoms with van der Waals surface area (Å²) in [6, 6.07) is 3.69. The number of thiazole rings is 1. The standard InChI is InChI=1S/C18H25N5O2S/c1-22(8-14-2-5-19-6-3-14)11-18(25)21-16-4-7-23(10-17(16)24)9-15-12-26-13-20-15/h2-3,5-6,12-13,16-17,24H,4,7-11H2,1H3,(H,21,25)/t16-,17-/m1/s1. The van der Waals surface area contributed by atoms with E-state index in [4.69, 9.17) is 0 Å². The van der Waals surface area contributed by atoms with E-state index in [0.717, 1.165) is 30.8 Å². The van der Waals surface area contributed by atoms with E-state index in [-0.39, 0.29) is 11.9 Å². The number of carbonyl (C=O) groups excluding carboxylic acids is 1. The van der Waals surface area contributed by atoms with Crippen LogP contribution < -0.4 is 5.32 Å². The minimum Gasteiger partial charge on any atom is -0.390 e. The van der Waals surface area contributed by atoms with Gasteiger partial charge in [0.2, 0.25) is 5.91 Å². The molecule has 1 amide bonds.